The Morgan fingerprint density at radius 1 is 0.750 bits per heavy atom. The fraction of sp³-hybridized carbons (Fsp3) is 0.200. The molecule has 5 nitrogen and oxygen atoms in total. The number of hydrogen-bond acceptors (Lipinski definition) is 5. The quantitative estimate of drug-likeness (QED) is 0.0836. The maximum absolute atomic E-state index is 11.9. The van der Waals surface area contributed by atoms with E-state index in [0.717, 1.165) is 34.5 Å². The third-order valence-electron chi connectivity index (χ3n) is 6.02. The van der Waals surface area contributed by atoms with Crippen molar-refractivity contribution < 1.29 is 19.1 Å². The van der Waals surface area contributed by atoms with Gasteiger partial charge in [-0.2, -0.15) is 0 Å². The van der Waals surface area contributed by atoms with Crippen LogP contribution in [0.3, 0.4) is 0 Å². The minimum Gasteiger partial charge on any atom is -0.493 e. The number of benzene rings is 4. The first-order valence-electron chi connectivity index (χ1n) is 13.4. The Labute approximate surface area is 236 Å². The van der Waals surface area contributed by atoms with Crippen LogP contribution < -0.4 is 9.64 Å². The van der Waals surface area contributed by atoms with E-state index in [-0.39, 0.29) is 12.4 Å². The molecule has 0 unspecified atom stereocenters. The molecule has 0 heterocycles. The molecule has 0 atom stereocenters. The normalized spacial score (nSPS) is 11.3. The molecule has 0 aliphatic heterocycles. The molecule has 0 saturated heterocycles. The molecule has 4 aromatic carbocycles. The van der Waals surface area contributed by atoms with Crippen molar-refractivity contribution >= 4 is 41.5 Å². The third-order valence-corrected chi connectivity index (χ3v) is 6.02. The highest BCUT2D eigenvalue weighted by molar-refractivity contribution is 5.82. The van der Waals surface area contributed by atoms with E-state index in [1.54, 1.807) is 6.07 Å². The van der Waals surface area contributed by atoms with E-state index in [1.807, 2.05) is 81.5 Å². The SMILES string of the molecule is CC(C)(C)OC(=O)CCCOc1cc(/C=C/c2ccc(N(c3ccccc3)c3ccccc3)cc2)ccc1C=O. The number of anilines is 3. The van der Waals surface area contributed by atoms with Crippen molar-refractivity contribution in [1.82, 2.24) is 0 Å². The molecule has 4 rings (SSSR count). The summed E-state index contributed by atoms with van der Waals surface area (Å²) >= 11 is 0. The molecule has 40 heavy (non-hydrogen) atoms. The fourth-order valence-electron chi connectivity index (χ4n) is 4.20. The topological polar surface area (TPSA) is 55.8 Å². The van der Waals surface area contributed by atoms with Crippen LogP contribution in [0.1, 0.15) is 55.1 Å². The number of aldehydes is 1. The highest BCUT2D eigenvalue weighted by atomic mass is 16.6. The predicted molar refractivity (Wildman–Crippen MR) is 162 cm³/mol. The molecule has 0 amide bonds. The molecular formula is C35H35NO4. The van der Waals surface area contributed by atoms with Crippen LogP contribution in [0.2, 0.25) is 0 Å². The summed E-state index contributed by atoms with van der Waals surface area (Å²) in [5.41, 5.74) is 5.16. The van der Waals surface area contributed by atoms with Crippen LogP contribution in [0.15, 0.2) is 103 Å². The van der Waals surface area contributed by atoms with Crippen LogP contribution in [-0.4, -0.2) is 24.5 Å². The van der Waals surface area contributed by atoms with Gasteiger partial charge in [0.15, 0.2) is 6.29 Å². The smallest absolute Gasteiger partial charge is 0.306 e. The molecule has 0 aliphatic carbocycles. The van der Waals surface area contributed by atoms with Gasteiger partial charge in [-0.3, -0.25) is 9.59 Å². The van der Waals surface area contributed by atoms with Crippen molar-refractivity contribution in [2.45, 2.75) is 39.2 Å². The number of esters is 1. The van der Waals surface area contributed by atoms with Gasteiger partial charge in [-0.1, -0.05) is 66.7 Å². The predicted octanol–water partition coefficient (Wildman–Crippen LogP) is 8.64. The maximum Gasteiger partial charge on any atom is 0.306 e. The minimum atomic E-state index is -0.507. The number of carbonyl (C=O) groups excluding carboxylic acids is 2. The van der Waals surface area contributed by atoms with Crippen molar-refractivity contribution in [2.75, 3.05) is 11.5 Å². The van der Waals surface area contributed by atoms with Crippen LogP contribution in [0, 0.1) is 0 Å². The summed E-state index contributed by atoms with van der Waals surface area (Å²) in [6, 6.07) is 34.4. The van der Waals surface area contributed by atoms with E-state index in [0.29, 0.717) is 24.3 Å². The van der Waals surface area contributed by atoms with Gasteiger partial charge in [0.25, 0.3) is 0 Å². The van der Waals surface area contributed by atoms with Gasteiger partial charge in [-0.15, -0.1) is 0 Å². The number of para-hydroxylation sites is 2. The standard InChI is InChI=1S/C35H35NO4/c1-35(2,3)40-34(38)15-10-24-39-33-25-28(18-21-29(33)26-37)17-16-27-19-22-32(23-20-27)36(30-11-6-4-7-12-30)31-13-8-5-9-14-31/h4-9,11-14,16-23,25-26H,10,15,24H2,1-3H3/b17-16+. The number of rotatable bonds is 11. The van der Waals surface area contributed by atoms with Crippen LogP contribution in [-0.2, 0) is 9.53 Å². The molecule has 0 radical (unpaired) electrons. The van der Waals surface area contributed by atoms with E-state index < -0.39 is 5.60 Å². The largest absolute Gasteiger partial charge is 0.493 e. The number of nitrogens with zero attached hydrogens (tertiary/aromatic N) is 1. The van der Waals surface area contributed by atoms with Crippen molar-refractivity contribution in [3.63, 3.8) is 0 Å². The zero-order chi connectivity index (χ0) is 28.4. The van der Waals surface area contributed by atoms with Crippen LogP contribution in [0.5, 0.6) is 5.75 Å². The van der Waals surface area contributed by atoms with E-state index in [4.69, 9.17) is 9.47 Å². The molecule has 4 aromatic rings. The Bertz CT molecular complexity index is 1380. The molecule has 0 bridgehead atoms. The van der Waals surface area contributed by atoms with Crippen molar-refractivity contribution in [1.29, 1.82) is 0 Å². The third kappa shape index (κ3) is 8.18. The summed E-state index contributed by atoms with van der Waals surface area (Å²) in [5.74, 6) is 0.239. The second-order valence-electron chi connectivity index (χ2n) is 10.4. The lowest BCUT2D eigenvalue weighted by atomic mass is 10.1. The molecular weight excluding hydrogens is 498 g/mol. The van der Waals surface area contributed by atoms with Gasteiger partial charge in [0, 0.05) is 23.5 Å². The number of hydrogen-bond donors (Lipinski definition) is 0. The molecule has 0 N–H and O–H groups in total. The van der Waals surface area contributed by atoms with E-state index in [1.165, 1.54) is 0 Å². The van der Waals surface area contributed by atoms with Gasteiger partial charge in [0.05, 0.1) is 12.2 Å². The Kier molecular flexibility index (Phi) is 9.53. The molecule has 0 fully saturated rings. The summed E-state index contributed by atoms with van der Waals surface area (Å²) < 4.78 is 11.2. The van der Waals surface area contributed by atoms with Gasteiger partial charge in [-0.25, -0.2) is 0 Å². The molecule has 0 aliphatic rings. The lowest BCUT2D eigenvalue weighted by molar-refractivity contribution is -0.155. The minimum absolute atomic E-state index is 0.259. The van der Waals surface area contributed by atoms with Gasteiger partial charge in [0.1, 0.15) is 11.4 Å². The lowest BCUT2D eigenvalue weighted by Crippen LogP contribution is -2.24. The second kappa shape index (κ2) is 13.4. The van der Waals surface area contributed by atoms with Crippen LogP contribution in [0.4, 0.5) is 17.1 Å². The van der Waals surface area contributed by atoms with Crippen molar-refractivity contribution in [3.05, 3.63) is 120 Å². The number of ether oxygens (including phenoxy) is 2. The van der Waals surface area contributed by atoms with Gasteiger partial charge >= 0.3 is 5.97 Å². The van der Waals surface area contributed by atoms with Crippen molar-refractivity contribution in [2.24, 2.45) is 0 Å². The highest BCUT2D eigenvalue weighted by Crippen LogP contribution is 2.34. The highest BCUT2D eigenvalue weighted by Gasteiger charge is 2.16. The first-order chi connectivity index (χ1) is 19.3. The summed E-state index contributed by atoms with van der Waals surface area (Å²) in [5, 5.41) is 0. The van der Waals surface area contributed by atoms with Gasteiger partial charge in [-0.05, 0) is 86.8 Å². The Hall–Kier alpha value is -4.64. The lowest BCUT2D eigenvalue weighted by Gasteiger charge is -2.25. The first kappa shape index (κ1) is 28.4. The first-order valence-corrected chi connectivity index (χ1v) is 13.4. The average molecular weight is 534 g/mol. The fourth-order valence-corrected chi connectivity index (χ4v) is 4.20. The summed E-state index contributed by atoms with van der Waals surface area (Å²) in [7, 11) is 0. The molecule has 5 heteroatoms. The summed E-state index contributed by atoms with van der Waals surface area (Å²) in [4.78, 5) is 25.7. The molecule has 0 saturated carbocycles. The maximum atomic E-state index is 11.9. The average Bonchev–Trinajstić information content (AvgIpc) is 2.95. The summed E-state index contributed by atoms with van der Waals surface area (Å²) in [6.45, 7) is 5.84. The van der Waals surface area contributed by atoms with Crippen LogP contribution >= 0.6 is 0 Å². The second-order valence-corrected chi connectivity index (χ2v) is 10.4. The Balaban J connectivity index is 1.43. The van der Waals surface area contributed by atoms with Crippen molar-refractivity contribution in [3.8, 4) is 5.75 Å². The van der Waals surface area contributed by atoms with Gasteiger partial charge < -0.3 is 14.4 Å². The van der Waals surface area contributed by atoms with Gasteiger partial charge in [0.2, 0.25) is 0 Å². The Morgan fingerprint density at radius 3 is 1.88 bits per heavy atom. The van der Waals surface area contributed by atoms with E-state index in [2.05, 4.69) is 53.4 Å². The van der Waals surface area contributed by atoms with Crippen LogP contribution in [0.25, 0.3) is 12.2 Å². The molecule has 0 aromatic heterocycles. The molecule has 0 spiro atoms. The zero-order valence-electron chi connectivity index (χ0n) is 23.2. The monoisotopic (exact) mass is 533 g/mol. The molecule has 204 valence electrons. The zero-order valence-corrected chi connectivity index (χ0v) is 23.2. The van der Waals surface area contributed by atoms with E-state index >= 15 is 0 Å². The summed E-state index contributed by atoms with van der Waals surface area (Å²) in [6.07, 6.45) is 5.56. The van der Waals surface area contributed by atoms with E-state index in [9.17, 15) is 9.59 Å². The Morgan fingerprint density at radius 2 is 1.30 bits per heavy atom. The number of carbonyl (C=O) groups is 2.